The van der Waals surface area contributed by atoms with Crippen molar-refractivity contribution in [3.63, 3.8) is 0 Å². The summed E-state index contributed by atoms with van der Waals surface area (Å²) in [7, 11) is 1.57. The van der Waals surface area contributed by atoms with E-state index in [1.807, 2.05) is 37.3 Å². The van der Waals surface area contributed by atoms with Crippen molar-refractivity contribution in [2.24, 2.45) is 0 Å². The van der Waals surface area contributed by atoms with E-state index in [4.69, 9.17) is 15.2 Å². The molecular formula is C24H27ClN6O3. The Labute approximate surface area is 202 Å². The maximum atomic E-state index is 13.7. The molecule has 0 radical (unpaired) electrons. The fourth-order valence-corrected chi connectivity index (χ4v) is 4.31. The first kappa shape index (κ1) is 23.6. The summed E-state index contributed by atoms with van der Waals surface area (Å²) in [6, 6.07) is 13.2. The van der Waals surface area contributed by atoms with E-state index in [1.54, 1.807) is 28.4 Å². The third-order valence-electron chi connectivity index (χ3n) is 6.01. The number of nitrogen functional groups attached to an aromatic ring is 1. The molecule has 9 nitrogen and oxygen atoms in total. The molecule has 0 saturated carbocycles. The third-order valence-corrected chi connectivity index (χ3v) is 6.01. The minimum absolute atomic E-state index is 0. The maximum absolute atomic E-state index is 13.7. The van der Waals surface area contributed by atoms with Crippen LogP contribution in [-0.2, 0) is 0 Å². The molecule has 3 N–H and O–H groups in total. The van der Waals surface area contributed by atoms with Crippen LogP contribution in [0.3, 0.4) is 0 Å². The second-order valence-electron chi connectivity index (χ2n) is 8.15. The summed E-state index contributed by atoms with van der Waals surface area (Å²) in [5, 5.41) is 3.34. The highest BCUT2D eigenvalue weighted by molar-refractivity contribution is 5.85. The number of anilines is 1. The quantitative estimate of drug-likeness (QED) is 0.447. The lowest BCUT2D eigenvalue weighted by molar-refractivity contribution is 0.365. The van der Waals surface area contributed by atoms with Crippen LogP contribution >= 0.6 is 12.4 Å². The smallest absolute Gasteiger partial charge is 0.335 e. The molecule has 1 aliphatic heterocycles. The molecule has 34 heavy (non-hydrogen) atoms. The van der Waals surface area contributed by atoms with Gasteiger partial charge in [-0.15, -0.1) is 12.4 Å². The van der Waals surface area contributed by atoms with Gasteiger partial charge in [-0.05, 0) is 57.1 Å². The second-order valence-corrected chi connectivity index (χ2v) is 8.15. The summed E-state index contributed by atoms with van der Waals surface area (Å²) in [5.41, 5.74) is 8.82. The number of aromatic nitrogens is 4. The Morgan fingerprint density at radius 3 is 2.50 bits per heavy atom. The van der Waals surface area contributed by atoms with E-state index in [2.05, 4.69) is 15.3 Å². The van der Waals surface area contributed by atoms with E-state index < -0.39 is 0 Å². The molecule has 4 aromatic rings. The lowest BCUT2D eigenvalue weighted by Crippen LogP contribution is -2.34. The number of halogens is 1. The Bertz CT molecular complexity index is 1360. The number of ether oxygens (including phenoxy) is 2. The molecule has 0 unspecified atom stereocenters. The lowest BCUT2D eigenvalue weighted by atomic mass is 10.1. The van der Waals surface area contributed by atoms with Gasteiger partial charge in [-0.2, -0.15) is 0 Å². The number of hydrogen-bond acceptors (Lipinski definition) is 7. The molecular weight excluding hydrogens is 456 g/mol. The fourth-order valence-electron chi connectivity index (χ4n) is 4.31. The van der Waals surface area contributed by atoms with Crippen LogP contribution in [0.15, 0.2) is 53.6 Å². The Balaban J connectivity index is 0.00000274. The molecule has 3 heterocycles. The zero-order valence-electron chi connectivity index (χ0n) is 19.0. The Morgan fingerprint density at radius 1 is 1.06 bits per heavy atom. The zero-order chi connectivity index (χ0) is 22.9. The van der Waals surface area contributed by atoms with Crippen LogP contribution in [0.4, 0.5) is 5.82 Å². The highest BCUT2D eigenvalue weighted by Crippen LogP contribution is 2.34. The number of hydrogen-bond donors (Lipinski definition) is 2. The summed E-state index contributed by atoms with van der Waals surface area (Å²) in [6.45, 7) is 3.72. The number of benzene rings is 2. The van der Waals surface area contributed by atoms with Crippen LogP contribution in [-0.4, -0.2) is 39.3 Å². The summed E-state index contributed by atoms with van der Waals surface area (Å²) in [4.78, 5) is 22.2. The van der Waals surface area contributed by atoms with E-state index in [1.165, 1.54) is 6.33 Å². The molecule has 0 atom stereocenters. The molecule has 5 rings (SSSR count). The molecule has 2 aromatic carbocycles. The predicted molar refractivity (Wildman–Crippen MR) is 134 cm³/mol. The van der Waals surface area contributed by atoms with E-state index in [0.717, 1.165) is 31.5 Å². The van der Waals surface area contributed by atoms with Crippen LogP contribution in [0.25, 0.3) is 16.9 Å². The summed E-state index contributed by atoms with van der Waals surface area (Å²) >= 11 is 0. The minimum Gasteiger partial charge on any atom is -0.493 e. The number of nitrogens with zero attached hydrogens (tertiary/aromatic N) is 4. The van der Waals surface area contributed by atoms with Crippen LogP contribution in [0.1, 0.15) is 24.4 Å². The first-order chi connectivity index (χ1) is 16.1. The van der Waals surface area contributed by atoms with Crippen molar-refractivity contribution in [3.05, 3.63) is 64.8 Å². The van der Waals surface area contributed by atoms with Gasteiger partial charge in [0.15, 0.2) is 23.0 Å². The van der Waals surface area contributed by atoms with Gasteiger partial charge in [0.25, 0.3) is 0 Å². The maximum Gasteiger partial charge on any atom is 0.335 e. The van der Waals surface area contributed by atoms with Crippen LogP contribution in [0.2, 0.25) is 0 Å². The van der Waals surface area contributed by atoms with Gasteiger partial charge in [0.1, 0.15) is 17.6 Å². The average Bonchev–Trinajstić information content (AvgIpc) is 3.14. The topological polar surface area (TPSA) is 109 Å². The Hall–Kier alpha value is -3.56. The number of nitrogens with one attached hydrogen (secondary N) is 1. The summed E-state index contributed by atoms with van der Waals surface area (Å²) in [5.74, 6) is 2.00. The highest BCUT2D eigenvalue weighted by Gasteiger charge is 2.26. The number of piperidine rings is 1. The van der Waals surface area contributed by atoms with Crippen LogP contribution in [0.5, 0.6) is 17.2 Å². The van der Waals surface area contributed by atoms with E-state index >= 15 is 0 Å². The first-order valence-corrected chi connectivity index (χ1v) is 10.9. The third kappa shape index (κ3) is 4.20. The second kappa shape index (κ2) is 9.74. The molecule has 0 amide bonds. The van der Waals surface area contributed by atoms with Crippen LogP contribution < -0.4 is 26.2 Å². The standard InChI is InChI=1S/C24H26N6O3.ClH/c1-15-3-6-18(7-4-15)33-19-8-5-17(13-20(19)32-2)29-21-22(25)27-14-28-23(21)30(24(29)31)16-9-11-26-12-10-16;/h3-8,13-14,16,26H,9-12H2,1-2H3,(H2,25,27,28);1H. The normalized spacial score (nSPS) is 14.1. The molecule has 0 aliphatic carbocycles. The van der Waals surface area contributed by atoms with Gasteiger partial charge in [0.05, 0.1) is 12.8 Å². The number of methoxy groups -OCH3 is 1. The SMILES string of the molecule is COc1cc(-n2c(=O)n(C3CCNCC3)c3ncnc(N)c32)ccc1Oc1ccc(C)cc1.Cl. The van der Waals surface area contributed by atoms with Crippen molar-refractivity contribution in [1.29, 1.82) is 0 Å². The molecule has 1 saturated heterocycles. The van der Waals surface area contributed by atoms with Gasteiger partial charge in [0.2, 0.25) is 0 Å². The number of aryl methyl sites for hydroxylation is 1. The summed E-state index contributed by atoms with van der Waals surface area (Å²) in [6.07, 6.45) is 3.09. The molecule has 2 aromatic heterocycles. The first-order valence-electron chi connectivity index (χ1n) is 10.9. The monoisotopic (exact) mass is 482 g/mol. The van der Waals surface area contributed by atoms with Crippen molar-refractivity contribution < 1.29 is 9.47 Å². The number of rotatable bonds is 5. The van der Waals surface area contributed by atoms with Crippen molar-refractivity contribution in [1.82, 2.24) is 24.4 Å². The van der Waals surface area contributed by atoms with Gasteiger partial charge in [-0.1, -0.05) is 17.7 Å². The van der Waals surface area contributed by atoms with E-state index in [9.17, 15) is 4.79 Å². The van der Waals surface area contributed by atoms with E-state index in [0.29, 0.717) is 34.1 Å². The van der Waals surface area contributed by atoms with Crippen molar-refractivity contribution in [2.75, 3.05) is 25.9 Å². The number of nitrogens with two attached hydrogens (primary N) is 1. The van der Waals surface area contributed by atoms with Gasteiger partial charge >= 0.3 is 5.69 Å². The Kier molecular flexibility index (Phi) is 6.76. The number of fused-ring (bicyclic) bond motifs is 1. The van der Waals surface area contributed by atoms with Crippen molar-refractivity contribution in [2.45, 2.75) is 25.8 Å². The van der Waals surface area contributed by atoms with Gasteiger partial charge in [0, 0.05) is 12.1 Å². The zero-order valence-corrected chi connectivity index (χ0v) is 19.8. The minimum atomic E-state index is -0.196. The lowest BCUT2D eigenvalue weighted by Gasteiger charge is -2.23. The molecule has 178 valence electrons. The molecule has 0 bridgehead atoms. The van der Waals surface area contributed by atoms with E-state index in [-0.39, 0.29) is 30.0 Å². The molecule has 1 aliphatic rings. The number of imidazole rings is 1. The Morgan fingerprint density at radius 2 is 1.79 bits per heavy atom. The average molecular weight is 483 g/mol. The molecule has 10 heteroatoms. The van der Waals surface area contributed by atoms with Crippen molar-refractivity contribution >= 4 is 29.4 Å². The largest absolute Gasteiger partial charge is 0.493 e. The van der Waals surface area contributed by atoms with Gasteiger partial charge < -0.3 is 20.5 Å². The highest BCUT2D eigenvalue weighted by atomic mass is 35.5. The molecule has 0 spiro atoms. The van der Waals surface area contributed by atoms with Crippen molar-refractivity contribution in [3.8, 4) is 22.9 Å². The van der Waals surface area contributed by atoms with Gasteiger partial charge in [-0.3, -0.25) is 9.13 Å². The predicted octanol–water partition coefficient (Wildman–Crippen LogP) is 3.62. The molecule has 1 fully saturated rings. The van der Waals surface area contributed by atoms with Crippen LogP contribution in [0, 0.1) is 6.92 Å². The fraction of sp³-hybridized carbons (Fsp3) is 0.292. The summed E-state index contributed by atoms with van der Waals surface area (Å²) < 4.78 is 14.9. The van der Waals surface area contributed by atoms with Gasteiger partial charge in [-0.25, -0.2) is 14.8 Å².